The molecule has 0 fully saturated rings. The molecule has 0 radical (unpaired) electrons. The summed E-state index contributed by atoms with van der Waals surface area (Å²) in [5.74, 6) is -1.76. The van der Waals surface area contributed by atoms with E-state index >= 15 is 0 Å². The zero-order valence-corrected chi connectivity index (χ0v) is 11.1. The van der Waals surface area contributed by atoms with E-state index in [2.05, 4.69) is 0 Å². The lowest BCUT2D eigenvalue weighted by molar-refractivity contribution is -0.900. The summed E-state index contributed by atoms with van der Waals surface area (Å²) in [6, 6.07) is -0.526. The van der Waals surface area contributed by atoms with Crippen molar-refractivity contribution >= 4 is 11.8 Å². The predicted molar refractivity (Wildman–Crippen MR) is 64.5 cm³/mol. The van der Waals surface area contributed by atoms with Crippen molar-refractivity contribution in [2.75, 3.05) is 21.1 Å². The predicted octanol–water partition coefficient (Wildman–Crippen LogP) is 0.432. The first-order chi connectivity index (χ1) is 7.55. The van der Waals surface area contributed by atoms with Crippen LogP contribution in [-0.2, 0) is 9.59 Å². The molecule has 0 aromatic carbocycles. The van der Waals surface area contributed by atoms with Gasteiger partial charge in [0.05, 0.1) is 27.6 Å². The van der Waals surface area contributed by atoms with E-state index in [0.717, 1.165) is 0 Å². The van der Waals surface area contributed by atoms with Crippen LogP contribution < -0.4 is 0 Å². The van der Waals surface area contributed by atoms with Crippen molar-refractivity contribution in [3.8, 4) is 0 Å². The van der Waals surface area contributed by atoms with Crippen LogP contribution in [0.4, 0.5) is 0 Å². The Hall–Kier alpha value is -1.20. The van der Waals surface area contributed by atoms with E-state index in [9.17, 15) is 14.7 Å². The van der Waals surface area contributed by atoms with Crippen LogP contribution >= 0.6 is 0 Å². The lowest BCUT2D eigenvalue weighted by Crippen LogP contribution is -2.61. The second-order valence-corrected chi connectivity index (χ2v) is 5.15. The maximum Gasteiger partial charge on any atom is 0.307 e. The molecule has 2 N–H and O–H groups in total. The van der Waals surface area contributed by atoms with E-state index in [1.165, 1.54) is 12.2 Å². The summed E-state index contributed by atoms with van der Waals surface area (Å²) in [5.41, 5.74) is -1.88. The number of carboxylic acid groups (broad SMARTS) is 1. The lowest BCUT2D eigenvalue weighted by Gasteiger charge is -2.40. The van der Waals surface area contributed by atoms with Crippen LogP contribution in [0.5, 0.6) is 0 Å². The number of aliphatic carboxylic acids is 1. The molecule has 5 nitrogen and oxygen atoms in total. The molecule has 0 spiro atoms. The Labute approximate surface area is 102 Å². The average molecular weight is 244 g/mol. The number of likely N-dealkylation sites (N-methyl/N-ethyl adjacent to an activating group) is 1. The van der Waals surface area contributed by atoms with E-state index in [-0.39, 0.29) is 0 Å². The third kappa shape index (κ3) is 3.94. The van der Waals surface area contributed by atoms with Crippen molar-refractivity contribution in [3.05, 3.63) is 12.2 Å². The molecule has 0 aromatic rings. The number of carbonyl (C=O) groups excluding carboxylic acids is 1. The van der Waals surface area contributed by atoms with E-state index in [1.54, 1.807) is 35.0 Å². The maximum absolute atomic E-state index is 11.9. The van der Waals surface area contributed by atoms with Crippen LogP contribution in [0.3, 0.4) is 0 Å². The Bertz CT molecular complexity index is 330. The number of hydrogen-bond donors (Lipinski definition) is 2. The monoisotopic (exact) mass is 244 g/mol. The summed E-state index contributed by atoms with van der Waals surface area (Å²) in [5, 5.41) is 19.2. The smallest absolute Gasteiger partial charge is 0.307 e. The van der Waals surface area contributed by atoms with Crippen molar-refractivity contribution in [1.82, 2.24) is 0 Å². The number of carboxylic acids is 1. The Morgan fingerprint density at radius 2 is 1.82 bits per heavy atom. The number of ketones is 1. The highest BCUT2D eigenvalue weighted by molar-refractivity contribution is 5.99. The van der Waals surface area contributed by atoms with Gasteiger partial charge in [0.25, 0.3) is 0 Å². The quantitative estimate of drug-likeness (QED) is 0.525. The second kappa shape index (κ2) is 5.42. The van der Waals surface area contributed by atoms with E-state index < -0.39 is 29.8 Å². The van der Waals surface area contributed by atoms with Gasteiger partial charge < -0.3 is 14.7 Å². The van der Waals surface area contributed by atoms with E-state index in [4.69, 9.17) is 5.11 Å². The minimum Gasteiger partial charge on any atom is -0.481 e. The third-order valence-corrected chi connectivity index (χ3v) is 3.02. The van der Waals surface area contributed by atoms with Crippen LogP contribution in [0.2, 0.25) is 0 Å². The fraction of sp³-hybridized carbons (Fsp3) is 0.667. The molecule has 0 amide bonds. The van der Waals surface area contributed by atoms with Gasteiger partial charge in [-0.1, -0.05) is 6.08 Å². The summed E-state index contributed by atoms with van der Waals surface area (Å²) in [4.78, 5) is 22.7. The van der Waals surface area contributed by atoms with Crippen LogP contribution in [0.25, 0.3) is 0 Å². The number of rotatable bonds is 6. The van der Waals surface area contributed by atoms with Crippen LogP contribution in [0.1, 0.15) is 20.3 Å². The fourth-order valence-electron chi connectivity index (χ4n) is 1.61. The second-order valence-electron chi connectivity index (χ2n) is 5.15. The zero-order valence-electron chi connectivity index (χ0n) is 11.1. The molecule has 2 atom stereocenters. The van der Waals surface area contributed by atoms with E-state index in [1.807, 2.05) is 0 Å². The molecule has 0 rings (SSSR count). The first kappa shape index (κ1) is 15.8. The molecule has 0 aromatic heterocycles. The molecule has 17 heavy (non-hydrogen) atoms. The van der Waals surface area contributed by atoms with Crippen molar-refractivity contribution in [2.45, 2.75) is 31.9 Å². The standard InChI is InChI=1S/C12H21NO4/c1-6-7-10(14)12(17,8-11(15)16)9(2)13(3,4)5/h6-7,9,17H,8H2,1-5H3/p+1/b7-6+. The molecule has 0 aliphatic carbocycles. The molecular weight excluding hydrogens is 222 g/mol. The molecule has 98 valence electrons. The van der Waals surface area contributed by atoms with Gasteiger partial charge in [-0.05, 0) is 19.9 Å². The minimum absolute atomic E-state index is 0.299. The lowest BCUT2D eigenvalue weighted by atomic mass is 9.85. The molecule has 0 bridgehead atoms. The van der Waals surface area contributed by atoms with Crippen molar-refractivity contribution in [3.63, 3.8) is 0 Å². The highest BCUT2D eigenvalue weighted by Crippen LogP contribution is 2.24. The largest absolute Gasteiger partial charge is 0.481 e. The van der Waals surface area contributed by atoms with Gasteiger partial charge in [-0.2, -0.15) is 0 Å². The normalized spacial score (nSPS) is 17.8. The summed E-state index contributed by atoms with van der Waals surface area (Å²) >= 11 is 0. The SMILES string of the molecule is C/C=C/C(=O)C(O)(CC(=O)O)C(C)[N+](C)(C)C. The molecule has 0 saturated heterocycles. The van der Waals surface area contributed by atoms with Gasteiger partial charge in [-0.15, -0.1) is 0 Å². The Morgan fingerprint density at radius 1 is 1.35 bits per heavy atom. The molecule has 0 heterocycles. The number of hydrogen-bond acceptors (Lipinski definition) is 3. The molecule has 2 unspecified atom stereocenters. The van der Waals surface area contributed by atoms with Crippen molar-refractivity contribution in [2.24, 2.45) is 0 Å². The number of aliphatic hydroxyl groups is 1. The summed E-state index contributed by atoms with van der Waals surface area (Å²) < 4.78 is 0.299. The first-order valence-electron chi connectivity index (χ1n) is 5.48. The van der Waals surface area contributed by atoms with Gasteiger partial charge in [0.1, 0.15) is 6.04 Å². The Morgan fingerprint density at radius 3 is 2.12 bits per heavy atom. The molecule has 0 aliphatic heterocycles. The van der Waals surface area contributed by atoms with Gasteiger partial charge in [0.15, 0.2) is 11.4 Å². The van der Waals surface area contributed by atoms with Gasteiger partial charge in [-0.25, -0.2) is 0 Å². The first-order valence-corrected chi connectivity index (χ1v) is 5.48. The Balaban J connectivity index is 5.38. The number of nitrogens with zero attached hydrogens (tertiary/aromatic N) is 1. The minimum atomic E-state index is -1.88. The fourth-order valence-corrected chi connectivity index (χ4v) is 1.61. The molecule has 0 aliphatic rings. The highest BCUT2D eigenvalue weighted by atomic mass is 16.4. The van der Waals surface area contributed by atoms with E-state index in [0.29, 0.717) is 4.48 Å². The van der Waals surface area contributed by atoms with Crippen LogP contribution in [0, 0.1) is 0 Å². The van der Waals surface area contributed by atoms with Gasteiger partial charge >= 0.3 is 5.97 Å². The Kier molecular flexibility index (Phi) is 5.04. The van der Waals surface area contributed by atoms with Crippen LogP contribution in [0.15, 0.2) is 12.2 Å². The van der Waals surface area contributed by atoms with Gasteiger partial charge in [-0.3, -0.25) is 9.59 Å². The van der Waals surface area contributed by atoms with Gasteiger partial charge in [0, 0.05) is 0 Å². The summed E-state index contributed by atoms with van der Waals surface area (Å²) in [7, 11) is 5.42. The number of allylic oxidation sites excluding steroid dienone is 1. The van der Waals surface area contributed by atoms with Crippen molar-refractivity contribution in [1.29, 1.82) is 0 Å². The topological polar surface area (TPSA) is 74.6 Å². The zero-order chi connectivity index (χ0) is 13.9. The van der Waals surface area contributed by atoms with Gasteiger partial charge in [0.2, 0.25) is 0 Å². The maximum atomic E-state index is 11.9. The van der Waals surface area contributed by atoms with Crippen LogP contribution in [-0.4, -0.2) is 59.2 Å². The summed E-state index contributed by atoms with van der Waals surface area (Å²) in [6.45, 7) is 3.32. The summed E-state index contributed by atoms with van der Waals surface area (Å²) in [6.07, 6.45) is 2.12. The highest BCUT2D eigenvalue weighted by Gasteiger charge is 2.48. The molecule has 5 heteroatoms. The number of carbonyl (C=O) groups is 2. The third-order valence-electron chi connectivity index (χ3n) is 3.02. The number of quaternary nitrogens is 1. The average Bonchev–Trinajstić information content (AvgIpc) is 2.14. The molecule has 0 saturated carbocycles. The van der Waals surface area contributed by atoms with Crippen molar-refractivity contribution < 1.29 is 24.3 Å². The molecular formula is C12H22NO4+.